The van der Waals surface area contributed by atoms with Gasteiger partial charge < -0.3 is 19.5 Å². The van der Waals surface area contributed by atoms with Gasteiger partial charge in [-0.3, -0.25) is 15.4 Å². The van der Waals surface area contributed by atoms with Gasteiger partial charge in [-0.15, -0.1) is 0 Å². The molecule has 0 aromatic carbocycles. The Kier molecular flexibility index (Phi) is 6.92. The molecule has 1 rings (SSSR count). The van der Waals surface area contributed by atoms with Gasteiger partial charge in [-0.1, -0.05) is 0 Å². The number of carboxylic acid groups (broad SMARTS) is 1. The molecule has 1 heterocycles. The Morgan fingerprint density at radius 1 is 1.04 bits per heavy atom. The molecule has 1 saturated heterocycles. The van der Waals surface area contributed by atoms with Crippen molar-refractivity contribution in [1.29, 1.82) is 0 Å². The molecular formula is C18H31N3O7. The highest BCUT2D eigenvalue weighted by molar-refractivity contribution is 5.95. The van der Waals surface area contributed by atoms with E-state index in [9.17, 15) is 24.3 Å². The number of hydrogen-bond donors (Lipinski definition) is 3. The maximum Gasteiger partial charge on any atom is 0.409 e. The van der Waals surface area contributed by atoms with E-state index >= 15 is 0 Å². The van der Waals surface area contributed by atoms with Gasteiger partial charge in [0, 0.05) is 13.0 Å². The summed E-state index contributed by atoms with van der Waals surface area (Å²) in [4.78, 5) is 50.3. The summed E-state index contributed by atoms with van der Waals surface area (Å²) in [6.45, 7) is 11.5. The van der Waals surface area contributed by atoms with Gasteiger partial charge >= 0.3 is 18.2 Å². The minimum Gasteiger partial charge on any atom is -0.480 e. The molecule has 0 radical (unpaired) electrons. The Balaban J connectivity index is 3.19. The van der Waals surface area contributed by atoms with Gasteiger partial charge in [0.15, 0.2) is 5.66 Å². The van der Waals surface area contributed by atoms with Crippen molar-refractivity contribution in [1.82, 2.24) is 15.5 Å². The maximum absolute atomic E-state index is 13.1. The number of likely N-dealkylation sites (tertiary alicyclic amines) is 1. The monoisotopic (exact) mass is 401 g/mol. The second-order valence-electron chi connectivity index (χ2n) is 8.78. The lowest BCUT2D eigenvalue weighted by Gasteiger charge is -2.43. The molecule has 1 aliphatic heterocycles. The van der Waals surface area contributed by atoms with Crippen molar-refractivity contribution in [2.75, 3.05) is 6.54 Å². The van der Waals surface area contributed by atoms with Crippen LogP contribution < -0.4 is 10.6 Å². The molecule has 0 bridgehead atoms. The number of nitrogens with one attached hydrogen (secondary N) is 2. The van der Waals surface area contributed by atoms with Gasteiger partial charge in [0.25, 0.3) is 5.91 Å². The normalized spacial score (nSPS) is 18.1. The minimum atomic E-state index is -1.87. The van der Waals surface area contributed by atoms with E-state index in [1.54, 1.807) is 41.5 Å². The Bertz CT molecular complexity index is 604. The first-order valence-corrected chi connectivity index (χ1v) is 9.12. The molecule has 1 fully saturated rings. The molecule has 0 aromatic rings. The molecule has 0 aliphatic carbocycles. The summed E-state index contributed by atoms with van der Waals surface area (Å²) in [6, 6.07) is -1.13. The molecule has 28 heavy (non-hydrogen) atoms. The third kappa shape index (κ3) is 6.58. The Morgan fingerprint density at radius 2 is 1.46 bits per heavy atom. The number of piperidine rings is 1. The number of carboxylic acids is 1. The van der Waals surface area contributed by atoms with Crippen LogP contribution in [0.15, 0.2) is 0 Å². The number of hydrogen-bond acceptors (Lipinski definition) is 6. The van der Waals surface area contributed by atoms with Gasteiger partial charge in [0.2, 0.25) is 0 Å². The van der Waals surface area contributed by atoms with Crippen molar-refractivity contribution in [3.63, 3.8) is 0 Å². The second kappa shape index (κ2) is 8.24. The Morgan fingerprint density at radius 3 is 1.82 bits per heavy atom. The van der Waals surface area contributed by atoms with Crippen molar-refractivity contribution in [2.24, 2.45) is 0 Å². The molecule has 1 atom stereocenters. The highest BCUT2D eigenvalue weighted by Gasteiger charge is 2.50. The summed E-state index contributed by atoms with van der Waals surface area (Å²) in [5.74, 6) is -1.94. The third-order valence-electron chi connectivity index (χ3n) is 3.83. The summed E-state index contributed by atoms with van der Waals surface area (Å²) in [5, 5.41) is 14.1. The summed E-state index contributed by atoms with van der Waals surface area (Å²) in [5.41, 5.74) is -3.53. The molecule has 3 amide bonds. The zero-order valence-electron chi connectivity index (χ0n) is 17.5. The van der Waals surface area contributed by atoms with Gasteiger partial charge in [-0.2, -0.15) is 0 Å². The summed E-state index contributed by atoms with van der Waals surface area (Å²) >= 11 is 0. The van der Waals surface area contributed by atoms with Crippen LogP contribution in [0.2, 0.25) is 0 Å². The molecule has 1 aliphatic rings. The average molecular weight is 401 g/mol. The number of alkyl carbamates (subject to hydrolysis) is 2. The molecule has 0 aromatic heterocycles. The van der Waals surface area contributed by atoms with Crippen molar-refractivity contribution in [3.8, 4) is 0 Å². The van der Waals surface area contributed by atoms with Crippen LogP contribution in [0.5, 0.6) is 0 Å². The average Bonchev–Trinajstić information content (AvgIpc) is 2.45. The zero-order chi connectivity index (χ0) is 21.9. The fourth-order valence-electron chi connectivity index (χ4n) is 2.69. The van der Waals surface area contributed by atoms with E-state index in [1.807, 2.05) is 0 Å². The lowest BCUT2D eigenvalue weighted by atomic mass is 9.95. The third-order valence-corrected chi connectivity index (χ3v) is 3.83. The first kappa shape index (κ1) is 23.5. The number of ether oxygens (including phenoxy) is 2. The zero-order valence-corrected chi connectivity index (χ0v) is 17.5. The largest absolute Gasteiger partial charge is 0.480 e. The predicted molar refractivity (Wildman–Crippen MR) is 99.5 cm³/mol. The second-order valence-corrected chi connectivity index (χ2v) is 8.78. The fraction of sp³-hybridized carbons (Fsp3) is 0.778. The Labute approximate surface area is 164 Å². The van der Waals surface area contributed by atoms with Crippen LogP contribution >= 0.6 is 0 Å². The molecule has 0 saturated carbocycles. The molecular weight excluding hydrogens is 370 g/mol. The van der Waals surface area contributed by atoms with E-state index in [4.69, 9.17) is 9.47 Å². The van der Waals surface area contributed by atoms with Gasteiger partial charge in [0.1, 0.15) is 17.2 Å². The number of rotatable bonds is 4. The molecule has 160 valence electrons. The predicted octanol–water partition coefficient (Wildman–Crippen LogP) is 1.83. The summed E-state index contributed by atoms with van der Waals surface area (Å²) < 4.78 is 10.4. The van der Waals surface area contributed by atoms with Crippen LogP contribution in [0.4, 0.5) is 9.59 Å². The number of amides is 3. The van der Waals surface area contributed by atoms with Crippen molar-refractivity contribution < 1.29 is 33.8 Å². The van der Waals surface area contributed by atoms with Crippen LogP contribution in [0.25, 0.3) is 0 Å². The van der Waals surface area contributed by atoms with E-state index < -0.39 is 47.0 Å². The summed E-state index contributed by atoms with van der Waals surface area (Å²) in [6.07, 6.45) is -1.41. The number of carbonyl (C=O) groups excluding carboxylic acids is 3. The first-order valence-electron chi connectivity index (χ1n) is 9.12. The van der Waals surface area contributed by atoms with Crippen molar-refractivity contribution >= 4 is 24.1 Å². The topological polar surface area (TPSA) is 134 Å². The number of aliphatic carboxylic acids is 1. The van der Waals surface area contributed by atoms with E-state index in [2.05, 4.69) is 10.6 Å². The number of nitrogens with zero attached hydrogens (tertiary/aromatic N) is 1. The van der Waals surface area contributed by atoms with Crippen LogP contribution in [-0.4, -0.2) is 63.5 Å². The van der Waals surface area contributed by atoms with E-state index in [0.717, 1.165) is 4.90 Å². The van der Waals surface area contributed by atoms with E-state index in [1.165, 1.54) is 6.92 Å². The van der Waals surface area contributed by atoms with Crippen molar-refractivity contribution in [2.45, 2.75) is 84.2 Å². The SMILES string of the molecule is CC(C(=O)O)N1CCCC(NC(=O)OC(C)(C)C)(NC(=O)OC(C)(C)C)C1=O. The number of carbonyl (C=O) groups is 4. The van der Waals surface area contributed by atoms with Gasteiger partial charge in [-0.05, 0) is 54.9 Å². The standard InChI is InChI=1S/C18H31N3O7/c1-11(12(22)23)21-10-8-9-18(13(21)24,19-14(25)27-16(2,3)4)20-15(26)28-17(5,6)7/h11H,8-10H2,1-7H3,(H,19,25)(H,20,26)(H,22,23). The van der Waals surface area contributed by atoms with Crippen molar-refractivity contribution in [3.05, 3.63) is 0 Å². The Hall–Kier alpha value is -2.52. The van der Waals surface area contributed by atoms with Crippen LogP contribution in [0.3, 0.4) is 0 Å². The van der Waals surface area contributed by atoms with Crippen LogP contribution in [0, 0.1) is 0 Å². The van der Waals surface area contributed by atoms with Gasteiger partial charge in [-0.25, -0.2) is 14.4 Å². The molecule has 0 spiro atoms. The first-order chi connectivity index (χ1) is 12.6. The van der Waals surface area contributed by atoms with Crippen LogP contribution in [0.1, 0.15) is 61.3 Å². The van der Waals surface area contributed by atoms with E-state index in [0.29, 0.717) is 6.42 Å². The van der Waals surface area contributed by atoms with Crippen LogP contribution in [-0.2, 0) is 19.1 Å². The fourth-order valence-corrected chi connectivity index (χ4v) is 2.69. The molecule has 10 heteroatoms. The molecule has 1 unspecified atom stereocenters. The lowest BCUT2D eigenvalue weighted by Crippen LogP contribution is -2.72. The minimum absolute atomic E-state index is 0.0627. The highest BCUT2D eigenvalue weighted by atomic mass is 16.6. The van der Waals surface area contributed by atoms with E-state index in [-0.39, 0.29) is 13.0 Å². The smallest absolute Gasteiger partial charge is 0.409 e. The molecule has 10 nitrogen and oxygen atoms in total. The quantitative estimate of drug-likeness (QED) is 0.612. The highest BCUT2D eigenvalue weighted by Crippen LogP contribution is 2.24. The van der Waals surface area contributed by atoms with Gasteiger partial charge in [0.05, 0.1) is 0 Å². The lowest BCUT2D eigenvalue weighted by molar-refractivity contribution is -0.156. The maximum atomic E-state index is 13.1. The molecule has 3 N–H and O–H groups in total. The summed E-state index contributed by atoms with van der Waals surface area (Å²) in [7, 11) is 0.